The summed E-state index contributed by atoms with van der Waals surface area (Å²) in [6.07, 6.45) is -4.72. The lowest BCUT2D eigenvalue weighted by molar-refractivity contribution is -0.274. The molecule has 88 valence electrons. The highest BCUT2D eigenvalue weighted by molar-refractivity contribution is 5.82. The molecule has 0 amide bonds. The van der Waals surface area contributed by atoms with Gasteiger partial charge in [-0.25, -0.2) is 0 Å². The zero-order valence-electron chi connectivity index (χ0n) is 8.41. The van der Waals surface area contributed by atoms with Crippen molar-refractivity contribution in [1.29, 1.82) is 0 Å². The minimum Gasteiger partial charge on any atom is -0.406 e. The third kappa shape index (κ3) is 3.54. The second-order valence-corrected chi connectivity index (χ2v) is 3.21. The van der Waals surface area contributed by atoms with Crippen LogP contribution in [0.5, 0.6) is 5.75 Å². The van der Waals surface area contributed by atoms with Gasteiger partial charge in [-0.1, -0.05) is 12.1 Å². The van der Waals surface area contributed by atoms with Crippen LogP contribution in [-0.4, -0.2) is 12.1 Å². The fourth-order valence-corrected chi connectivity index (χ4v) is 1.11. The van der Waals surface area contributed by atoms with Gasteiger partial charge in [0, 0.05) is 0 Å². The SMILES string of the molecule is CC(=O)C(N)c1ccc(OC(F)(F)F)cc1. The van der Waals surface area contributed by atoms with Gasteiger partial charge in [0.2, 0.25) is 0 Å². The Bertz CT molecular complexity index is 373. The molecule has 2 N–H and O–H groups in total. The number of carbonyl (C=O) groups is 1. The zero-order chi connectivity index (χ0) is 12.3. The van der Waals surface area contributed by atoms with Crippen LogP contribution in [0.2, 0.25) is 0 Å². The van der Waals surface area contributed by atoms with Gasteiger partial charge in [-0.2, -0.15) is 0 Å². The largest absolute Gasteiger partial charge is 0.573 e. The molecule has 16 heavy (non-hydrogen) atoms. The molecule has 0 bridgehead atoms. The number of ether oxygens (including phenoxy) is 1. The topological polar surface area (TPSA) is 52.3 Å². The number of benzene rings is 1. The number of alkyl halides is 3. The summed E-state index contributed by atoms with van der Waals surface area (Å²) in [6, 6.07) is 4.07. The van der Waals surface area contributed by atoms with Crippen LogP contribution in [0.1, 0.15) is 18.5 Å². The maximum absolute atomic E-state index is 11.8. The van der Waals surface area contributed by atoms with Crippen molar-refractivity contribution in [3.8, 4) is 5.75 Å². The van der Waals surface area contributed by atoms with Crippen LogP contribution in [0.4, 0.5) is 13.2 Å². The molecule has 0 aromatic heterocycles. The Morgan fingerprint density at radius 1 is 1.31 bits per heavy atom. The highest BCUT2D eigenvalue weighted by Crippen LogP contribution is 2.24. The first-order chi connectivity index (χ1) is 7.29. The molecule has 1 aromatic rings. The molecule has 0 aliphatic heterocycles. The fourth-order valence-electron chi connectivity index (χ4n) is 1.11. The molecule has 1 aromatic carbocycles. The van der Waals surface area contributed by atoms with Crippen molar-refractivity contribution in [2.24, 2.45) is 5.73 Å². The van der Waals surface area contributed by atoms with Crippen molar-refractivity contribution in [1.82, 2.24) is 0 Å². The Kier molecular flexibility index (Phi) is 3.54. The number of rotatable bonds is 3. The molecule has 0 radical (unpaired) electrons. The smallest absolute Gasteiger partial charge is 0.406 e. The number of ketones is 1. The average Bonchev–Trinajstić information content (AvgIpc) is 2.15. The van der Waals surface area contributed by atoms with Gasteiger partial charge in [0.25, 0.3) is 0 Å². The van der Waals surface area contributed by atoms with Gasteiger partial charge in [0.15, 0.2) is 5.78 Å². The minimum absolute atomic E-state index is 0.260. The molecular formula is C10H10F3NO2. The molecule has 0 saturated carbocycles. The summed E-state index contributed by atoms with van der Waals surface area (Å²) in [6.45, 7) is 1.31. The maximum atomic E-state index is 11.8. The van der Waals surface area contributed by atoms with Gasteiger partial charge >= 0.3 is 6.36 Å². The molecule has 0 aliphatic rings. The molecule has 0 saturated heterocycles. The Balaban J connectivity index is 2.79. The predicted octanol–water partition coefficient (Wildman–Crippen LogP) is 2.17. The predicted molar refractivity (Wildman–Crippen MR) is 50.7 cm³/mol. The number of halogens is 3. The van der Waals surface area contributed by atoms with Gasteiger partial charge in [0.05, 0.1) is 6.04 Å². The van der Waals surface area contributed by atoms with Crippen molar-refractivity contribution in [3.05, 3.63) is 29.8 Å². The monoisotopic (exact) mass is 233 g/mol. The Morgan fingerprint density at radius 3 is 2.19 bits per heavy atom. The zero-order valence-corrected chi connectivity index (χ0v) is 8.41. The second-order valence-electron chi connectivity index (χ2n) is 3.21. The van der Waals surface area contributed by atoms with Crippen molar-refractivity contribution in [2.75, 3.05) is 0 Å². The summed E-state index contributed by atoms with van der Waals surface area (Å²) in [5, 5.41) is 0. The molecule has 6 heteroatoms. The normalized spacial score (nSPS) is 13.3. The summed E-state index contributed by atoms with van der Waals surface area (Å²) in [5.41, 5.74) is 5.95. The number of carbonyl (C=O) groups excluding carboxylic acids is 1. The van der Waals surface area contributed by atoms with Gasteiger partial charge in [0.1, 0.15) is 5.75 Å². The lowest BCUT2D eigenvalue weighted by Crippen LogP contribution is -2.19. The molecule has 1 rings (SSSR count). The summed E-state index contributed by atoms with van der Waals surface area (Å²) in [5.74, 6) is -0.600. The van der Waals surface area contributed by atoms with Crippen LogP contribution in [0.25, 0.3) is 0 Å². The number of Topliss-reactive ketones (excluding diaryl/α,β-unsaturated/α-hetero) is 1. The van der Waals surface area contributed by atoms with E-state index in [1.807, 2.05) is 0 Å². The molecule has 0 heterocycles. The third-order valence-electron chi connectivity index (χ3n) is 1.91. The minimum atomic E-state index is -4.72. The van der Waals surface area contributed by atoms with Crippen molar-refractivity contribution in [2.45, 2.75) is 19.3 Å². The highest BCUT2D eigenvalue weighted by atomic mass is 19.4. The van der Waals surface area contributed by atoms with E-state index in [2.05, 4.69) is 4.74 Å². The van der Waals surface area contributed by atoms with E-state index in [4.69, 9.17) is 5.73 Å². The number of hydrogen-bond donors (Lipinski definition) is 1. The second kappa shape index (κ2) is 4.52. The third-order valence-corrected chi connectivity index (χ3v) is 1.91. The molecule has 0 aliphatic carbocycles. The molecule has 0 spiro atoms. The van der Waals surface area contributed by atoms with Crippen LogP contribution in [0.3, 0.4) is 0 Å². The summed E-state index contributed by atoms with van der Waals surface area (Å²) in [4.78, 5) is 10.9. The fraction of sp³-hybridized carbons (Fsp3) is 0.300. The van der Waals surface area contributed by atoms with E-state index in [1.54, 1.807) is 0 Å². The van der Waals surface area contributed by atoms with Crippen LogP contribution in [0.15, 0.2) is 24.3 Å². The number of nitrogens with two attached hydrogens (primary N) is 1. The van der Waals surface area contributed by atoms with Crippen molar-refractivity contribution in [3.63, 3.8) is 0 Å². The summed E-state index contributed by atoms with van der Waals surface area (Å²) < 4.78 is 39.2. The summed E-state index contributed by atoms with van der Waals surface area (Å²) in [7, 11) is 0. The van der Waals surface area contributed by atoms with Crippen molar-refractivity contribution >= 4 is 5.78 Å². The lowest BCUT2D eigenvalue weighted by atomic mass is 10.0. The number of hydrogen-bond acceptors (Lipinski definition) is 3. The first-order valence-electron chi connectivity index (χ1n) is 4.41. The maximum Gasteiger partial charge on any atom is 0.573 e. The molecule has 0 fully saturated rings. The van der Waals surface area contributed by atoms with Crippen LogP contribution < -0.4 is 10.5 Å². The van der Waals surface area contributed by atoms with Crippen molar-refractivity contribution < 1.29 is 22.7 Å². The molecule has 1 unspecified atom stereocenters. The van der Waals surface area contributed by atoms with E-state index < -0.39 is 12.4 Å². The first kappa shape index (κ1) is 12.5. The van der Waals surface area contributed by atoms with Crippen LogP contribution in [0, 0.1) is 0 Å². The molecular weight excluding hydrogens is 223 g/mol. The first-order valence-corrected chi connectivity index (χ1v) is 4.41. The van der Waals surface area contributed by atoms with E-state index in [0.29, 0.717) is 5.56 Å². The highest BCUT2D eigenvalue weighted by Gasteiger charge is 2.31. The lowest BCUT2D eigenvalue weighted by Gasteiger charge is -2.11. The standard InChI is InChI=1S/C10H10F3NO2/c1-6(15)9(14)7-2-4-8(5-3-7)16-10(11,12)13/h2-5,9H,14H2,1H3. The van der Waals surface area contributed by atoms with Gasteiger partial charge < -0.3 is 10.5 Å². The van der Waals surface area contributed by atoms with E-state index in [-0.39, 0.29) is 11.5 Å². The van der Waals surface area contributed by atoms with Crippen LogP contribution in [-0.2, 0) is 4.79 Å². The molecule has 1 atom stereocenters. The Hall–Kier alpha value is -1.56. The van der Waals surface area contributed by atoms with E-state index in [1.165, 1.54) is 19.1 Å². The Labute approximate surface area is 90.0 Å². The van der Waals surface area contributed by atoms with E-state index in [9.17, 15) is 18.0 Å². The quantitative estimate of drug-likeness (QED) is 0.870. The Morgan fingerprint density at radius 2 is 1.81 bits per heavy atom. The average molecular weight is 233 g/mol. The molecule has 3 nitrogen and oxygen atoms in total. The van der Waals surface area contributed by atoms with Gasteiger partial charge in [-0.15, -0.1) is 13.2 Å². The van der Waals surface area contributed by atoms with Crippen LogP contribution >= 0.6 is 0 Å². The van der Waals surface area contributed by atoms with Gasteiger partial charge in [-0.3, -0.25) is 4.79 Å². The van der Waals surface area contributed by atoms with E-state index >= 15 is 0 Å². The van der Waals surface area contributed by atoms with E-state index in [0.717, 1.165) is 12.1 Å². The summed E-state index contributed by atoms with van der Waals surface area (Å²) >= 11 is 0. The van der Waals surface area contributed by atoms with Gasteiger partial charge in [-0.05, 0) is 24.6 Å².